The van der Waals surface area contributed by atoms with Crippen LogP contribution < -0.4 is 5.32 Å². The maximum absolute atomic E-state index is 12.7. The molecule has 0 unspecified atom stereocenters. The van der Waals surface area contributed by atoms with Crippen molar-refractivity contribution in [1.82, 2.24) is 25.1 Å². The van der Waals surface area contributed by atoms with Crippen LogP contribution in [0.1, 0.15) is 31.2 Å². The van der Waals surface area contributed by atoms with Gasteiger partial charge in [0.25, 0.3) is 0 Å². The molecule has 0 spiro atoms. The number of hydrogen-bond donors (Lipinski definition) is 2. The Bertz CT molecular complexity index is 1240. The number of anilines is 1. The Morgan fingerprint density at radius 2 is 1.71 bits per heavy atom. The first-order valence-electron chi connectivity index (χ1n) is 11.3. The van der Waals surface area contributed by atoms with Crippen LogP contribution in [0, 0.1) is 0 Å². The highest BCUT2D eigenvalue weighted by molar-refractivity contribution is 8.00. The van der Waals surface area contributed by atoms with Crippen LogP contribution in [0.3, 0.4) is 0 Å². The van der Waals surface area contributed by atoms with Gasteiger partial charge in [0.05, 0.1) is 5.56 Å². The van der Waals surface area contributed by atoms with E-state index in [0.29, 0.717) is 16.9 Å². The first kappa shape index (κ1) is 23.3. The van der Waals surface area contributed by atoms with E-state index in [1.807, 2.05) is 23.9 Å². The smallest absolute Gasteiger partial charge is 0.367 e. The SMILES string of the molecule is FC(F)(F)c1ccc(N[C@H]2CC[C@H](Sc3ccc(-c4ccnc(-c5nnc[nH]5)c4)cc3)CC2)nc1. The van der Waals surface area contributed by atoms with Crippen molar-refractivity contribution < 1.29 is 13.2 Å². The van der Waals surface area contributed by atoms with Crippen molar-refractivity contribution in [2.45, 2.75) is 48.0 Å². The summed E-state index contributed by atoms with van der Waals surface area (Å²) in [6.07, 6.45) is 3.81. The second-order valence-electron chi connectivity index (χ2n) is 8.46. The Kier molecular flexibility index (Phi) is 6.72. The molecule has 1 fully saturated rings. The number of halogens is 3. The fourth-order valence-corrected chi connectivity index (χ4v) is 5.36. The lowest BCUT2D eigenvalue weighted by molar-refractivity contribution is -0.137. The molecular formula is C25H23F3N6S. The number of alkyl halides is 3. The second kappa shape index (κ2) is 10.1. The minimum atomic E-state index is -4.36. The Hall–Kier alpha value is -3.40. The molecule has 1 aliphatic rings. The van der Waals surface area contributed by atoms with E-state index < -0.39 is 11.7 Å². The van der Waals surface area contributed by atoms with Gasteiger partial charge in [-0.05, 0) is 73.2 Å². The predicted octanol–water partition coefficient (Wildman–Crippen LogP) is 6.46. The summed E-state index contributed by atoms with van der Waals surface area (Å²) in [4.78, 5) is 12.5. The number of hydrogen-bond acceptors (Lipinski definition) is 6. The normalized spacial score (nSPS) is 18.4. The first-order valence-corrected chi connectivity index (χ1v) is 12.2. The van der Waals surface area contributed by atoms with Crippen molar-refractivity contribution in [2.24, 2.45) is 0 Å². The van der Waals surface area contributed by atoms with Gasteiger partial charge in [0.15, 0.2) is 5.82 Å². The maximum atomic E-state index is 12.7. The van der Waals surface area contributed by atoms with Gasteiger partial charge in [-0.25, -0.2) is 4.98 Å². The van der Waals surface area contributed by atoms with Gasteiger partial charge >= 0.3 is 6.18 Å². The Morgan fingerprint density at radius 3 is 2.37 bits per heavy atom. The van der Waals surface area contributed by atoms with Crippen LogP contribution in [-0.2, 0) is 6.18 Å². The van der Waals surface area contributed by atoms with Gasteiger partial charge in [0, 0.05) is 28.6 Å². The average molecular weight is 497 g/mol. The van der Waals surface area contributed by atoms with E-state index in [-0.39, 0.29) is 6.04 Å². The lowest BCUT2D eigenvalue weighted by atomic mass is 9.95. The predicted molar refractivity (Wildman–Crippen MR) is 130 cm³/mol. The molecule has 10 heteroatoms. The molecule has 1 aromatic carbocycles. The Morgan fingerprint density at radius 1 is 0.914 bits per heavy atom. The molecule has 0 bridgehead atoms. The van der Waals surface area contributed by atoms with Gasteiger partial charge in [-0.3, -0.25) is 4.98 Å². The number of aromatic nitrogens is 5. The third kappa shape index (κ3) is 5.82. The molecule has 5 rings (SSSR count). The van der Waals surface area contributed by atoms with Crippen molar-refractivity contribution in [3.63, 3.8) is 0 Å². The second-order valence-corrected chi connectivity index (χ2v) is 9.83. The van der Waals surface area contributed by atoms with Crippen LogP contribution in [0.4, 0.5) is 19.0 Å². The molecule has 0 amide bonds. The molecule has 1 aliphatic carbocycles. The number of nitrogens with one attached hydrogen (secondary N) is 2. The number of aromatic amines is 1. The highest BCUT2D eigenvalue weighted by Gasteiger charge is 2.31. The molecule has 3 aromatic heterocycles. The fourth-order valence-electron chi connectivity index (χ4n) is 4.17. The zero-order chi connectivity index (χ0) is 24.3. The number of benzene rings is 1. The standard InChI is InChI=1S/C25H23F3N6S/c26-25(27,28)18-3-10-23(30-14-18)33-19-4-8-21(9-5-19)35-20-6-1-16(2-7-20)17-11-12-29-22(13-17)24-31-15-32-34-24/h1-3,6-7,10-15,19,21H,4-5,8-9H2,(H,30,33)(H,31,32,34)/t19-,21-. The molecule has 0 radical (unpaired) electrons. The van der Waals surface area contributed by atoms with E-state index >= 15 is 0 Å². The summed E-state index contributed by atoms with van der Waals surface area (Å²) in [5, 5.41) is 11.6. The van der Waals surface area contributed by atoms with Gasteiger partial charge in [0.1, 0.15) is 17.8 Å². The molecule has 180 valence electrons. The molecule has 4 aromatic rings. The zero-order valence-corrected chi connectivity index (χ0v) is 19.5. The van der Waals surface area contributed by atoms with Crippen molar-refractivity contribution in [3.8, 4) is 22.6 Å². The molecular weight excluding hydrogens is 473 g/mol. The molecule has 0 atom stereocenters. The summed E-state index contributed by atoms with van der Waals surface area (Å²) in [6.45, 7) is 0. The molecule has 6 nitrogen and oxygen atoms in total. The monoisotopic (exact) mass is 496 g/mol. The van der Waals surface area contributed by atoms with Crippen LogP contribution in [0.5, 0.6) is 0 Å². The topological polar surface area (TPSA) is 79.4 Å². The van der Waals surface area contributed by atoms with Crippen LogP contribution in [0.25, 0.3) is 22.6 Å². The van der Waals surface area contributed by atoms with Gasteiger partial charge in [-0.15, -0.1) is 22.0 Å². The highest BCUT2D eigenvalue weighted by atomic mass is 32.2. The van der Waals surface area contributed by atoms with E-state index in [2.05, 4.69) is 54.7 Å². The largest absolute Gasteiger partial charge is 0.417 e. The molecule has 0 aliphatic heterocycles. The summed E-state index contributed by atoms with van der Waals surface area (Å²) in [5.41, 5.74) is 2.18. The minimum Gasteiger partial charge on any atom is -0.367 e. The number of pyridine rings is 2. The van der Waals surface area contributed by atoms with Crippen molar-refractivity contribution >= 4 is 17.6 Å². The van der Waals surface area contributed by atoms with E-state index in [1.165, 1.54) is 17.3 Å². The molecule has 3 heterocycles. The summed E-state index contributed by atoms with van der Waals surface area (Å²) in [6, 6.07) is 15.2. The van der Waals surface area contributed by atoms with Crippen LogP contribution >= 0.6 is 11.8 Å². The van der Waals surface area contributed by atoms with E-state index in [0.717, 1.165) is 54.8 Å². The third-order valence-electron chi connectivity index (χ3n) is 6.03. The van der Waals surface area contributed by atoms with Crippen molar-refractivity contribution in [1.29, 1.82) is 0 Å². The first-order chi connectivity index (χ1) is 16.9. The van der Waals surface area contributed by atoms with Gasteiger partial charge in [0.2, 0.25) is 0 Å². The summed E-state index contributed by atoms with van der Waals surface area (Å²) in [7, 11) is 0. The molecule has 35 heavy (non-hydrogen) atoms. The molecule has 2 N–H and O–H groups in total. The Balaban J connectivity index is 1.14. The summed E-state index contributed by atoms with van der Waals surface area (Å²) in [5.74, 6) is 1.13. The number of nitrogens with zero attached hydrogens (tertiary/aromatic N) is 4. The number of thioether (sulfide) groups is 1. The Labute approximate surface area is 204 Å². The highest BCUT2D eigenvalue weighted by Crippen LogP contribution is 2.36. The zero-order valence-electron chi connectivity index (χ0n) is 18.7. The van der Waals surface area contributed by atoms with Gasteiger partial charge in [-0.2, -0.15) is 13.2 Å². The molecule has 0 saturated heterocycles. The van der Waals surface area contributed by atoms with Crippen LogP contribution in [-0.4, -0.2) is 36.4 Å². The van der Waals surface area contributed by atoms with E-state index in [9.17, 15) is 13.2 Å². The van der Waals surface area contributed by atoms with Crippen molar-refractivity contribution in [3.05, 3.63) is 72.8 Å². The average Bonchev–Trinajstić information content (AvgIpc) is 3.41. The van der Waals surface area contributed by atoms with Crippen molar-refractivity contribution in [2.75, 3.05) is 5.32 Å². The third-order valence-corrected chi connectivity index (χ3v) is 7.38. The maximum Gasteiger partial charge on any atom is 0.417 e. The quantitative estimate of drug-likeness (QED) is 0.319. The fraction of sp³-hybridized carbons (Fsp3) is 0.280. The lowest BCUT2D eigenvalue weighted by Crippen LogP contribution is -2.27. The summed E-state index contributed by atoms with van der Waals surface area (Å²) < 4.78 is 38.1. The van der Waals surface area contributed by atoms with Crippen LogP contribution in [0.2, 0.25) is 0 Å². The van der Waals surface area contributed by atoms with Gasteiger partial charge in [-0.1, -0.05) is 12.1 Å². The minimum absolute atomic E-state index is 0.226. The summed E-state index contributed by atoms with van der Waals surface area (Å²) >= 11 is 1.88. The lowest BCUT2D eigenvalue weighted by Gasteiger charge is -2.29. The van der Waals surface area contributed by atoms with Crippen LogP contribution in [0.15, 0.2) is 72.1 Å². The van der Waals surface area contributed by atoms with E-state index in [4.69, 9.17) is 0 Å². The van der Waals surface area contributed by atoms with Gasteiger partial charge < -0.3 is 10.3 Å². The number of rotatable bonds is 6. The van der Waals surface area contributed by atoms with E-state index in [1.54, 1.807) is 6.20 Å². The molecule has 1 saturated carbocycles. The number of H-pyrrole nitrogens is 1.